The summed E-state index contributed by atoms with van der Waals surface area (Å²) in [4.78, 5) is 34.5. The molecule has 39 heavy (non-hydrogen) atoms. The van der Waals surface area contributed by atoms with Crippen LogP contribution in [-0.4, -0.2) is 53.3 Å². The molecule has 0 saturated carbocycles. The molecular weight excluding hydrogens is 531 g/mol. The molecule has 0 aliphatic carbocycles. The van der Waals surface area contributed by atoms with Crippen LogP contribution in [0.1, 0.15) is 49.9 Å². The highest BCUT2D eigenvalue weighted by Crippen LogP contribution is 2.31. The van der Waals surface area contributed by atoms with E-state index in [9.17, 15) is 9.59 Å². The molecule has 1 aromatic heterocycles. The second kappa shape index (κ2) is 11.7. The fourth-order valence-electron chi connectivity index (χ4n) is 5.40. The van der Waals surface area contributed by atoms with E-state index < -0.39 is 5.91 Å². The first-order chi connectivity index (χ1) is 18.8. The van der Waals surface area contributed by atoms with Crippen LogP contribution in [0.5, 0.6) is 0 Å². The van der Waals surface area contributed by atoms with Gasteiger partial charge in [0.25, 0.3) is 5.91 Å². The van der Waals surface area contributed by atoms with E-state index in [1.165, 1.54) is 0 Å². The summed E-state index contributed by atoms with van der Waals surface area (Å²) in [7, 11) is 1.83. The van der Waals surface area contributed by atoms with Crippen molar-refractivity contribution in [1.82, 2.24) is 14.8 Å². The molecule has 2 heterocycles. The highest BCUT2D eigenvalue weighted by molar-refractivity contribution is 6.42. The third-order valence-electron chi connectivity index (χ3n) is 7.44. The van der Waals surface area contributed by atoms with Crippen LogP contribution in [0.3, 0.4) is 0 Å². The first-order valence-corrected chi connectivity index (χ1v) is 13.8. The Hall–Kier alpha value is -3.45. The van der Waals surface area contributed by atoms with Crippen molar-refractivity contribution >= 4 is 45.9 Å². The van der Waals surface area contributed by atoms with Crippen molar-refractivity contribution in [2.45, 2.75) is 25.3 Å². The summed E-state index contributed by atoms with van der Waals surface area (Å²) >= 11 is 12.6. The molecule has 0 spiro atoms. The standard InChI is InChI=1S/C31H30Cl2N4O2/c1-36(31(39)20-7-3-2-4-8-20)18-22(21-11-12-25(32)26(33)17-21)13-15-37-16-14-28-24(19-37)29(30(34)38)23-9-5-6-10-27(23)35-28/h2-12,17,22H,13-16,18-19H2,1H3,(H2,34,38). The van der Waals surface area contributed by atoms with E-state index in [2.05, 4.69) is 4.90 Å². The fraction of sp³-hybridized carbons (Fsp3) is 0.258. The van der Waals surface area contributed by atoms with Gasteiger partial charge in [-0.2, -0.15) is 0 Å². The number of amides is 2. The number of aromatic nitrogens is 1. The molecule has 0 bridgehead atoms. The summed E-state index contributed by atoms with van der Waals surface area (Å²) in [6.07, 6.45) is 1.52. The minimum atomic E-state index is -0.429. The monoisotopic (exact) mass is 560 g/mol. The lowest BCUT2D eigenvalue weighted by Crippen LogP contribution is -2.36. The van der Waals surface area contributed by atoms with Crippen LogP contribution in [0.4, 0.5) is 0 Å². The number of pyridine rings is 1. The summed E-state index contributed by atoms with van der Waals surface area (Å²) in [5.74, 6) is -0.429. The van der Waals surface area contributed by atoms with Gasteiger partial charge in [-0.3, -0.25) is 19.5 Å². The molecule has 2 amide bonds. The van der Waals surface area contributed by atoms with Gasteiger partial charge in [0.05, 0.1) is 21.1 Å². The number of nitrogens with zero attached hydrogens (tertiary/aromatic N) is 3. The molecule has 1 atom stereocenters. The first kappa shape index (κ1) is 27.1. The molecule has 2 N–H and O–H groups in total. The van der Waals surface area contributed by atoms with Crippen LogP contribution in [0.25, 0.3) is 10.9 Å². The molecule has 1 aliphatic heterocycles. The molecule has 3 aromatic carbocycles. The van der Waals surface area contributed by atoms with E-state index in [0.717, 1.165) is 53.7 Å². The van der Waals surface area contributed by atoms with Gasteiger partial charge in [-0.15, -0.1) is 0 Å². The van der Waals surface area contributed by atoms with Crippen molar-refractivity contribution in [1.29, 1.82) is 0 Å². The van der Waals surface area contributed by atoms with Gasteiger partial charge in [0.2, 0.25) is 5.91 Å². The summed E-state index contributed by atoms with van der Waals surface area (Å²) in [5.41, 5.74) is 10.7. The maximum absolute atomic E-state index is 13.1. The van der Waals surface area contributed by atoms with Crippen LogP contribution in [0, 0.1) is 0 Å². The maximum Gasteiger partial charge on any atom is 0.253 e. The fourth-order valence-corrected chi connectivity index (χ4v) is 5.71. The third kappa shape index (κ3) is 5.93. The second-order valence-corrected chi connectivity index (χ2v) is 10.8. The number of likely N-dealkylation sites (N-methyl/N-ethyl adjacent to an activating group) is 1. The van der Waals surface area contributed by atoms with Gasteiger partial charge in [-0.05, 0) is 48.9 Å². The normalized spacial score (nSPS) is 14.1. The molecule has 0 fully saturated rings. The molecule has 8 heteroatoms. The van der Waals surface area contributed by atoms with Crippen LogP contribution in [-0.2, 0) is 13.0 Å². The number of nitrogens with two attached hydrogens (primary N) is 1. The van der Waals surface area contributed by atoms with Gasteiger partial charge in [0.1, 0.15) is 0 Å². The number of benzene rings is 3. The van der Waals surface area contributed by atoms with Crippen molar-refractivity contribution in [3.8, 4) is 0 Å². The number of carbonyl (C=O) groups is 2. The van der Waals surface area contributed by atoms with Crippen molar-refractivity contribution < 1.29 is 9.59 Å². The molecule has 200 valence electrons. The number of rotatable bonds is 8. The zero-order valence-electron chi connectivity index (χ0n) is 21.7. The molecule has 0 saturated heterocycles. The number of fused-ring (bicyclic) bond motifs is 2. The average molecular weight is 562 g/mol. The summed E-state index contributed by atoms with van der Waals surface area (Å²) in [5, 5.41) is 1.78. The molecule has 5 rings (SSSR count). The number of carbonyl (C=O) groups excluding carboxylic acids is 2. The van der Waals surface area contributed by atoms with Gasteiger partial charge >= 0.3 is 0 Å². The van der Waals surface area contributed by atoms with Crippen LogP contribution >= 0.6 is 23.2 Å². The van der Waals surface area contributed by atoms with Gasteiger partial charge in [-0.1, -0.05) is 65.7 Å². The highest BCUT2D eigenvalue weighted by atomic mass is 35.5. The van der Waals surface area contributed by atoms with Crippen molar-refractivity contribution in [3.63, 3.8) is 0 Å². The Morgan fingerprint density at radius 3 is 2.51 bits per heavy atom. The van der Waals surface area contributed by atoms with Crippen molar-refractivity contribution in [3.05, 3.63) is 111 Å². The van der Waals surface area contributed by atoms with Crippen LogP contribution < -0.4 is 5.73 Å². The molecule has 1 aliphatic rings. The summed E-state index contributed by atoms with van der Waals surface area (Å²) < 4.78 is 0. The van der Waals surface area contributed by atoms with Gasteiger partial charge in [0.15, 0.2) is 0 Å². The predicted octanol–water partition coefficient (Wildman–Crippen LogP) is 5.94. The molecular formula is C31H30Cl2N4O2. The number of primary amides is 1. The van der Waals surface area contributed by atoms with Gasteiger partial charge < -0.3 is 10.6 Å². The Bertz CT molecular complexity index is 1530. The second-order valence-electron chi connectivity index (χ2n) is 10.0. The number of hydrogen-bond donors (Lipinski definition) is 1. The van der Waals surface area contributed by atoms with Crippen LogP contribution in [0.15, 0.2) is 72.8 Å². The molecule has 6 nitrogen and oxygen atoms in total. The number of hydrogen-bond acceptors (Lipinski definition) is 4. The minimum Gasteiger partial charge on any atom is -0.366 e. The van der Waals surface area contributed by atoms with Gasteiger partial charge in [0, 0.05) is 61.2 Å². The zero-order chi connectivity index (χ0) is 27.5. The highest BCUT2D eigenvalue weighted by Gasteiger charge is 2.26. The topological polar surface area (TPSA) is 79.5 Å². The Balaban J connectivity index is 1.37. The summed E-state index contributed by atoms with van der Waals surface area (Å²) in [6, 6.07) is 22.6. The van der Waals surface area contributed by atoms with Crippen LogP contribution in [0.2, 0.25) is 10.0 Å². The maximum atomic E-state index is 13.1. The van der Waals surface area contributed by atoms with E-state index in [1.807, 2.05) is 73.8 Å². The lowest BCUT2D eigenvalue weighted by Gasteiger charge is -2.32. The Labute approximate surface area is 238 Å². The minimum absolute atomic E-state index is 0.0309. The lowest BCUT2D eigenvalue weighted by molar-refractivity contribution is 0.0782. The van der Waals surface area contributed by atoms with E-state index in [0.29, 0.717) is 34.3 Å². The lowest BCUT2D eigenvalue weighted by atomic mass is 9.92. The third-order valence-corrected chi connectivity index (χ3v) is 8.18. The van der Waals surface area contributed by atoms with E-state index in [4.69, 9.17) is 33.9 Å². The molecule has 1 unspecified atom stereocenters. The zero-order valence-corrected chi connectivity index (χ0v) is 23.3. The first-order valence-electron chi connectivity index (χ1n) is 13.0. The molecule has 0 radical (unpaired) electrons. The van der Waals surface area contributed by atoms with E-state index in [-0.39, 0.29) is 11.8 Å². The summed E-state index contributed by atoms with van der Waals surface area (Å²) in [6.45, 7) is 2.71. The predicted molar refractivity (Wildman–Crippen MR) is 156 cm³/mol. The Morgan fingerprint density at radius 1 is 1.03 bits per heavy atom. The Kier molecular flexibility index (Phi) is 8.17. The average Bonchev–Trinajstić information content (AvgIpc) is 2.95. The largest absolute Gasteiger partial charge is 0.366 e. The van der Waals surface area contributed by atoms with Crippen molar-refractivity contribution in [2.24, 2.45) is 5.73 Å². The van der Waals surface area contributed by atoms with E-state index >= 15 is 0 Å². The van der Waals surface area contributed by atoms with E-state index in [1.54, 1.807) is 11.0 Å². The Morgan fingerprint density at radius 2 is 1.77 bits per heavy atom. The number of halogens is 2. The quantitative estimate of drug-likeness (QED) is 0.289. The smallest absolute Gasteiger partial charge is 0.253 e. The number of para-hydroxylation sites is 1. The molecule has 4 aromatic rings. The van der Waals surface area contributed by atoms with Gasteiger partial charge in [-0.25, -0.2) is 0 Å². The SMILES string of the molecule is CN(CC(CCN1CCc2nc3ccccc3c(C(N)=O)c2C1)c1ccc(Cl)c(Cl)c1)C(=O)c1ccccc1. The van der Waals surface area contributed by atoms with Crippen molar-refractivity contribution in [2.75, 3.05) is 26.7 Å².